The lowest BCUT2D eigenvalue weighted by molar-refractivity contribution is -0.128. The number of ether oxygens (including phenoxy) is 3. The molecule has 0 radical (unpaired) electrons. The Morgan fingerprint density at radius 2 is 1.79 bits per heavy atom. The van der Waals surface area contributed by atoms with Crippen LogP contribution in [0.5, 0.6) is 17.2 Å². The van der Waals surface area contributed by atoms with Gasteiger partial charge in [0, 0.05) is 19.7 Å². The summed E-state index contributed by atoms with van der Waals surface area (Å²) >= 11 is 0. The Morgan fingerprint density at radius 3 is 2.45 bits per heavy atom. The van der Waals surface area contributed by atoms with Gasteiger partial charge in [0.15, 0.2) is 11.5 Å². The Hall–Kier alpha value is -2.94. The second-order valence-corrected chi connectivity index (χ2v) is 8.72. The third-order valence-electron chi connectivity index (χ3n) is 4.63. The molecule has 29 heavy (non-hydrogen) atoms. The maximum absolute atomic E-state index is 12.8. The molecule has 1 heterocycles. The van der Waals surface area contributed by atoms with E-state index in [2.05, 4.69) is 0 Å². The number of hydrogen-bond donors (Lipinski definition) is 0. The van der Waals surface area contributed by atoms with Gasteiger partial charge in [-0.2, -0.15) is 0 Å². The average molecular weight is 420 g/mol. The summed E-state index contributed by atoms with van der Waals surface area (Å²) < 4.78 is 42.2. The average Bonchev–Trinajstić information content (AvgIpc) is 3.20. The summed E-state index contributed by atoms with van der Waals surface area (Å²) in [5.74, 6) is 1.28. The molecule has 0 bridgehead atoms. The van der Waals surface area contributed by atoms with E-state index in [1.165, 1.54) is 4.90 Å². The molecule has 0 spiro atoms. The van der Waals surface area contributed by atoms with Crippen molar-refractivity contribution in [3.8, 4) is 17.2 Å². The molecule has 1 aliphatic rings. The van der Waals surface area contributed by atoms with Crippen LogP contribution in [0.25, 0.3) is 0 Å². The second kappa shape index (κ2) is 8.60. The number of carbonyl (C=O) groups excluding carboxylic acids is 1. The lowest BCUT2D eigenvalue weighted by atomic mass is 10.2. The van der Waals surface area contributed by atoms with Gasteiger partial charge < -0.3 is 19.1 Å². The quantitative estimate of drug-likeness (QED) is 0.651. The van der Waals surface area contributed by atoms with Gasteiger partial charge in [-0.3, -0.25) is 9.10 Å². The Balaban J connectivity index is 1.77. The van der Waals surface area contributed by atoms with E-state index >= 15 is 0 Å². The highest BCUT2D eigenvalue weighted by molar-refractivity contribution is 7.92. The third-order valence-corrected chi connectivity index (χ3v) is 6.37. The van der Waals surface area contributed by atoms with Gasteiger partial charge in [-0.15, -0.1) is 0 Å². The van der Waals surface area contributed by atoms with Crippen LogP contribution >= 0.6 is 0 Å². The van der Waals surface area contributed by atoms with E-state index in [4.69, 9.17) is 14.2 Å². The highest BCUT2D eigenvalue weighted by atomic mass is 32.2. The first-order chi connectivity index (χ1) is 13.8. The number of carbonyl (C=O) groups is 1. The minimum Gasteiger partial charge on any atom is -0.497 e. The van der Waals surface area contributed by atoms with Gasteiger partial charge >= 0.3 is 0 Å². The van der Waals surface area contributed by atoms with Crippen molar-refractivity contribution in [2.24, 2.45) is 0 Å². The number of rotatable bonds is 8. The van der Waals surface area contributed by atoms with Crippen LogP contribution < -0.4 is 18.5 Å². The summed E-state index contributed by atoms with van der Waals surface area (Å²) in [6, 6.07) is 12.2. The number of amides is 1. The fourth-order valence-corrected chi connectivity index (χ4v) is 3.94. The van der Waals surface area contributed by atoms with Crippen molar-refractivity contribution in [1.29, 1.82) is 0 Å². The minimum absolute atomic E-state index is 0.0862. The van der Waals surface area contributed by atoms with Crippen LogP contribution in [0, 0.1) is 0 Å². The van der Waals surface area contributed by atoms with Crippen molar-refractivity contribution in [3.05, 3.63) is 48.0 Å². The Kier molecular flexibility index (Phi) is 6.17. The summed E-state index contributed by atoms with van der Waals surface area (Å²) in [7, 11) is -0.440. The number of likely N-dealkylation sites (N-methyl/N-ethyl adjacent to an activating group) is 1. The summed E-state index contributed by atoms with van der Waals surface area (Å²) in [5, 5.41) is 0. The number of benzene rings is 2. The zero-order chi connectivity index (χ0) is 21.0. The van der Waals surface area contributed by atoms with E-state index in [1.807, 2.05) is 24.3 Å². The van der Waals surface area contributed by atoms with E-state index in [0.29, 0.717) is 23.7 Å². The summed E-state index contributed by atoms with van der Waals surface area (Å²) in [5.41, 5.74) is 1.27. The molecule has 0 N–H and O–H groups in total. The van der Waals surface area contributed by atoms with Crippen molar-refractivity contribution in [2.45, 2.75) is 13.5 Å². The van der Waals surface area contributed by atoms with E-state index in [-0.39, 0.29) is 25.0 Å². The maximum atomic E-state index is 12.8. The van der Waals surface area contributed by atoms with Gasteiger partial charge in [0.2, 0.25) is 22.7 Å². The van der Waals surface area contributed by atoms with Gasteiger partial charge in [0.1, 0.15) is 12.3 Å². The number of nitrogens with zero attached hydrogens (tertiary/aromatic N) is 2. The normalized spacial score (nSPS) is 12.5. The van der Waals surface area contributed by atoms with E-state index in [0.717, 1.165) is 15.6 Å². The lowest BCUT2D eigenvalue weighted by Gasteiger charge is -2.26. The van der Waals surface area contributed by atoms with Crippen molar-refractivity contribution in [3.63, 3.8) is 0 Å². The van der Waals surface area contributed by atoms with Gasteiger partial charge in [-0.1, -0.05) is 12.1 Å². The van der Waals surface area contributed by atoms with Crippen molar-refractivity contribution >= 4 is 21.6 Å². The number of sulfonamides is 1. The summed E-state index contributed by atoms with van der Waals surface area (Å²) in [6.45, 7) is 1.68. The molecule has 1 amide bonds. The summed E-state index contributed by atoms with van der Waals surface area (Å²) in [6.07, 6.45) is 0. The van der Waals surface area contributed by atoms with Gasteiger partial charge in [-0.05, 0) is 36.8 Å². The first-order valence-corrected chi connectivity index (χ1v) is 10.7. The Morgan fingerprint density at radius 1 is 1.10 bits per heavy atom. The zero-order valence-electron chi connectivity index (χ0n) is 16.6. The van der Waals surface area contributed by atoms with Crippen LogP contribution in [0.4, 0.5) is 5.69 Å². The largest absolute Gasteiger partial charge is 0.497 e. The van der Waals surface area contributed by atoms with Crippen LogP contribution in [-0.4, -0.2) is 52.5 Å². The monoisotopic (exact) mass is 420 g/mol. The van der Waals surface area contributed by atoms with Gasteiger partial charge in [0.25, 0.3) is 0 Å². The predicted octanol–water partition coefficient (Wildman–Crippen LogP) is 2.24. The van der Waals surface area contributed by atoms with Crippen LogP contribution in [0.15, 0.2) is 42.5 Å². The van der Waals surface area contributed by atoms with Gasteiger partial charge in [0.05, 0.1) is 18.6 Å². The third kappa shape index (κ3) is 4.73. The fourth-order valence-electron chi connectivity index (χ4n) is 2.88. The molecule has 1 aliphatic heterocycles. The Labute approximate surface area is 170 Å². The first-order valence-electron chi connectivity index (χ1n) is 9.11. The molecule has 0 fully saturated rings. The predicted molar refractivity (Wildman–Crippen MR) is 109 cm³/mol. The van der Waals surface area contributed by atoms with Gasteiger partial charge in [-0.25, -0.2) is 8.42 Å². The molecule has 0 aromatic heterocycles. The molecule has 156 valence electrons. The molecule has 0 saturated heterocycles. The van der Waals surface area contributed by atoms with Crippen molar-refractivity contribution < 1.29 is 27.4 Å². The van der Waals surface area contributed by atoms with Crippen LogP contribution in [0.2, 0.25) is 0 Å². The van der Waals surface area contributed by atoms with Crippen LogP contribution in [0.1, 0.15) is 12.5 Å². The van der Waals surface area contributed by atoms with E-state index in [1.54, 1.807) is 39.3 Å². The van der Waals surface area contributed by atoms with Crippen LogP contribution in [-0.2, 0) is 21.4 Å². The topological polar surface area (TPSA) is 85.4 Å². The first kappa shape index (κ1) is 20.8. The number of fused-ring (bicyclic) bond motifs is 1. The minimum atomic E-state index is -3.67. The SMILES string of the molecule is CCS(=O)(=O)N(CC(=O)N(C)Cc1ccc(OC)cc1)c1ccc2c(c1)OCO2. The molecule has 2 aromatic rings. The molecule has 0 atom stereocenters. The second-order valence-electron chi connectivity index (χ2n) is 6.54. The maximum Gasteiger partial charge on any atom is 0.243 e. The molecular weight excluding hydrogens is 396 g/mol. The molecule has 8 nitrogen and oxygen atoms in total. The molecule has 0 saturated carbocycles. The molecule has 0 unspecified atom stereocenters. The highest BCUT2D eigenvalue weighted by Gasteiger charge is 2.27. The highest BCUT2D eigenvalue weighted by Crippen LogP contribution is 2.36. The Bertz CT molecular complexity index is 975. The number of methoxy groups -OCH3 is 1. The number of hydrogen-bond acceptors (Lipinski definition) is 6. The van der Waals surface area contributed by atoms with E-state index < -0.39 is 10.0 Å². The van der Waals surface area contributed by atoms with Crippen molar-refractivity contribution in [1.82, 2.24) is 4.90 Å². The molecule has 0 aliphatic carbocycles. The molecule has 3 rings (SSSR count). The fraction of sp³-hybridized carbons (Fsp3) is 0.350. The lowest BCUT2D eigenvalue weighted by Crippen LogP contribution is -2.42. The number of anilines is 1. The molecule has 2 aromatic carbocycles. The standard InChI is InChI=1S/C20H24N2O6S/c1-4-29(24,25)22(16-7-10-18-19(11-16)28-14-27-18)13-20(23)21(2)12-15-5-8-17(26-3)9-6-15/h5-11H,4,12-14H2,1-3H3. The molecule has 9 heteroatoms. The van der Waals surface area contributed by atoms with Crippen LogP contribution in [0.3, 0.4) is 0 Å². The smallest absolute Gasteiger partial charge is 0.243 e. The molecular formula is C20H24N2O6S. The zero-order valence-corrected chi connectivity index (χ0v) is 17.4. The van der Waals surface area contributed by atoms with Crippen molar-refractivity contribution in [2.75, 3.05) is 37.6 Å². The van der Waals surface area contributed by atoms with E-state index in [9.17, 15) is 13.2 Å². The summed E-state index contributed by atoms with van der Waals surface area (Å²) in [4.78, 5) is 14.3.